The van der Waals surface area contributed by atoms with E-state index in [0.29, 0.717) is 0 Å². The number of aryl methyl sites for hydroxylation is 2. The molecule has 0 radical (unpaired) electrons. The van der Waals surface area contributed by atoms with Gasteiger partial charge in [0.25, 0.3) is 0 Å². The molecule has 0 aliphatic heterocycles. The maximum atomic E-state index is 5.38. The Morgan fingerprint density at radius 1 is 1.05 bits per heavy atom. The quantitative estimate of drug-likeness (QED) is 0.911. The molecule has 108 valence electrons. The van der Waals surface area contributed by atoms with Crippen molar-refractivity contribution in [2.75, 3.05) is 21.3 Å². The second kappa shape index (κ2) is 6.29. The minimum atomic E-state index is 0.175. The highest BCUT2D eigenvalue weighted by molar-refractivity contribution is 7.10. The Hall–Kier alpha value is -1.52. The molecule has 1 N–H and O–H groups in total. The van der Waals surface area contributed by atoms with Crippen LogP contribution in [-0.4, -0.2) is 21.3 Å². The number of ether oxygens (including phenoxy) is 2. The highest BCUT2D eigenvalue weighted by Gasteiger charge is 2.18. The highest BCUT2D eigenvalue weighted by Crippen LogP contribution is 2.34. The minimum absolute atomic E-state index is 0.175. The van der Waals surface area contributed by atoms with Crippen molar-refractivity contribution in [3.63, 3.8) is 0 Å². The second-order valence-corrected chi connectivity index (χ2v) is 5.73. The topological polar surface area (TPSA) is 30.5 Å². The molecule has 1 unspecified atom stereocenters. The molecule has 0 saturated carbocycles. The number of methoxy groups -OCH3 is 2. The lowest BCUT2D eigenvalue weighted by Gasteiger charge is -2.19. The normalized spacial score (nSPS) is 12.2. The van der Waals surface area contributed by atoms with Crippen LogP contribution in [0.4, 0.5) is 0 Å². The maximum absolute atomic E-state index is 5.38. The van der Waals surface area contributed by atoms with Crippen molar-refractivity contribution in [2.24, 2.45) is 0 Å². The summed E-state index contributed by atoms with van der Waals surface area (Å²) in [6, 6.07) is 6.56. The predicted octanol–water partition coefficient (Wildman–Crippen LogP) is 3.69. The van der Waals surface area contributed by atoms with Crippen LogP contribution in [0, 0.1) is 13.8 Å². The first-order chi connectivity index (χ1) is 9.60. The first kappa shape index (κ1) is 14.9. The third kappa shape index (κ3) is 2.81. The number of nitrogens with one attached hydrogen (secondary N) is 1. The lowest BCUT2D eigenvalue weighted by molar-refractivity contribution is 0.411. The molecular weight excluding hydrogens is 270 g/mol. The van der Waals surface area contributed by atoms with Gasteiger partial charge in [0, 0.05) is 10.3 Å². The van der Waals surface area contributed by atoms with Crippen LogP contribution in [0.25, 0.3) is 0 Å². The summed E-state index contributed by atoms with van der Waals surface area (Å²) < 4.78 is 10.7. The van der Waals surface area contributed by atoms with Crippen LogP contribution in [-0.2, 0) is 0 Å². The van der Waals surface area contributed by atoms with Crippen molar-refractivity contribution in [1.29, 1.82) is 0 Å². The molecule has 1 aromatic carbocycles. The summed E-state index contributed by atoms with van der Waals surface area (Å²) in [6.45, 7) is 4.19. The Balaban J connectivity index is 2.43. The van der Waals surface area contributed by atoms with Gasteiger partial charge in [-0.05, 0) is 49.7 Å². The molecule has 20 heavy (non-hydrogen) atoms. The summed E-state index contributed by atoms with van der Waals surface area (Å²) >= 11 is 1.71. The van der Waals surface area contributed by atoms with E-state index in [4.69, 9.17) is 9.47 Å². The summed E-state index contributed by atoms with van der Waals surface area (Å²) in [5.74, 6) is 1.85. The van der Waals surface area contributed by atoms with Crippen LogP contribution in [0.2, 0.25) is 0 Å². The summed E-state index contributed by atoms with van der Waals surface area (Å²) in [5, 5.41) is 5.42. The van der Waals surface area contributed by atoms with Crippen LogP contribution in [0.3, 0.4) is 0 Å². The molecule has 1 atom stereocenters. The number of hydrogen-bond acceptors (Lipinski definition) is 4. The van der Waals surface area contributed by atoms with Gasteiger partial charge >= 0.3 is 0 Å². The maximum Gasteiger partial charge on any atom is 0.129 e. The largest absolute Gasteiger partial charge is 0.496 e. The van der Waals surface area contributed by atoms with Crippen molar-refractivity contribution < 1.29 is 9.47 Å². The fourth-order valence-electron chi connectivity index (χ4n) is 2.39. The van der Waals surface area contributed by atoms with Crippen LogP contribution in [0.5, 0.6) is 11.5 Å². The van der Waals surface area contributed by atoms with E-state index in [1.54, 1.807) is 25.6 Å². The van der Waals surface area contributed by atoms with Crippen molar-refractivity contribution >= 4 is 11.3 Å². The van der Waals surface area contributed by atoms with Gasteiger partial charge in [-0.3, -0.25) is 0 Å². The van der Waals surface area contributed by atoms with Crippen molar-refractivity contribution in [1.82, 2.24) is 5.32 Å². The Morgan fingerprint density at radius 2 is 1.80 bits per heavy atom. The second-order valence-electron chi connectivity index (χ2n) is 4.79. The van der Waals surface area contributed by atoms with Crippen LogP contribution in [0.15, 0.2) is 23.6 Å². The Kier molecular flexibility index (Phi) is 4.68. The van der Waals surface area contributed by atoms with Gasteiger partial charge in [-0.25, -0.2) is 0 Å². The van der Waals surface area contributed by atoms with Crippen LogP contribution in [0.1, 0.15) is 27.6 Å². The molecule has 0 aliphatic rings. The third-order valence-corrected chi connectivity index (χ3v) is 4.47. The first-order valence-electron chi connectivity index (χ1n) is 6.55. The van der Waals surface area contributed by atoms with Gasteiger partial charge in [-0.15, -0.1) is 11.3 Å². The number of rotatable bonds is 5. The molecular formula is C16H21NO2S. The van der Waals surface area contributed by atoms with E-state index in [2.05, 4.69) is 37.4 Å². The smallest absolute Gasteiger partial charge is 0.129 e. The molecule has 0 bridgehead atoms. The zero-order valence-corrected chi connectivity index (χ0v) is 13.4. The fraction of sp³-hybridized carbons (Fsp3) is 0.375. The molecule has 0 amide bonds. The Bertz CT molecular complexity index is 592. The van der Waals surface area contributed by atoms with E-state index < -0.39 is 0 Å². The number of thiophene rings is 1. The van der Waals surface area contributed by atoms with Gasteiger partial charge < -0.3 is 14.8 Å². The lowest BCUT2D eigenvalue weighted by Crippen LogP contribution is -2.17. The van der Waals surface area contributed by atoms with Gasteiger partial charge in [0.05, 0.1) is 20.3 Å². The first-order valence-corrected chi connectivity index (χ1v) is 7.43. The predicted molar refractivity (Wildman–Crippen MR) is 84.2 cm³/mol. The van der Waals surface area contributed by atoms with Gasteiger partial charge in [-0.1, -0.05) is 6.07 Å². The van der Waals surface area contributed by atoms with E-state index in [1.807, 2.05) is 12.4 Å². The van der Waals surface area contributed by atoms with Gasteiger partial charge in [0.15, 0.2) is 0 Å². The molecule has 4 heteroatoms. The van der Waals surface area contributed by atoms with Gasteiger partial charge in [-0.2, -0.15) is 0 Å². The van der Waals surface area contributed by atoms with E-state index in [9.17, 15) is 0 Å². The van der Waals surface area contributed by atoms with E-state index in [1.165, 1.54) is 16.0 Å². The van der Waals surface area contributed by atoms with Gasteiger partial charge in [0.1, 0.15) is 11.5 Å². The van der Waals surface area contributed by atoms with E-state index in [0.717, 1.165) is 17.1 Å². The Labute approximate surface area is 124 Å². The summed E-state index contributed by atoms with van der Waals surface area (Å²) in [5.41, 5.74) is 3.64. The van der Waals surface area contributed by atoms with Crippen molar-refractivity contribution in [3.05, 3.63) is 45.1 Å². The van der Waals surface area contributed by atoms with Gasteiger partial charge in [0.2, 0.25) is 0 Å². The number of benzene rings is 1. The van der Waals surface area contributed by atoms with E-state index in [-0.39, 0.29) is 6.04 Å². The summed E-state index contributed by atoms with van der Waals surface area (Å²) in [7, 11) is 5.39. The molecule has 0 spiro atoms. The molecule has 2 aromatic rings. The molecule has 1 heterocycles. The zero-order valence-electron chi connectivity index (χ0n) is 12.6. The van der Waals surface area contributed by atoms with E-state index >= 15 is 0 Å². The zero-order chi connectivity index (χ0) is 14.7. The SMILES string of the molecule is CNC(c1cc(OC)cs1)c1cc(C)c(OC)cc1C. The molecule has 0 fully saturated rings. The standard InChI is InChI=1S/C16H21NO2S/c1-10-7-14(19-5)11(2)6-13(10)16(17-3)15-8-12(18-4)9-20-15/h6-9,16-17H,1-5H3. The van der Waals surface area contributed by atoms with Crippen molar-refractivity contribution in [3.8, 4) is 11.5 Å². The summed E-state index contributed by atoms with van der Waals surface area (Å²) in [4.78, 5) is 1.25. The molecule has 1 aromatic heterocycles. The Morgan fingerprint density at radius 3 is 2.35 bits per heavy atom. The monoisotopic (exact) mass is 291 g/mol. The minimum Gasteiger partial charge on any atom is -0.496 e. The average Bonchev–Trinajstić information content (AvgIpc) is 2.91. The third-order valence-electron chi connectivity index (χ3n) is 3.50. The molecule has 3 nitrogen and oxygen atoms in total. The highest BCUT2D eigenvalue weighted by atomic mass is 32.1. The molecule has 0 aliphatic carbocycles. The molecule has 2 rings (SSSR count). The van der Waals surface area contributed by atoms with Crippen molar-refractivity contribution in [2.45, 2.75) is 19.9 Å². The fourth-order valence-corrected chi connectivity index (χ4v) is 3.37. The van der Waals surface area contributed by atoms with Crippen LogP contribution < -0.4 is 14.8 Å². The van der Waals surface area contributed by atoms with Crippen LogP contribution >= 0.6 is 11.3 Å². The number of hydrogen-bond donors (Lipinski definition) is 1. The average molecular weight is 291 g/mol. The summed E-state index contributed by atoms with van der Waals surface area (Å²) in [6.07, 6.45) is 0. The lowest BCUT2D eigenvalue weighted by atomic mass is 9.97. The molecule has 0 saturated heterocycles.